The number of nitrogens with one attached hydrogen (secondary N) is 2. The van der Waals surface area contributed by atoms with Gasteiger partial charge in [-0.1, -0.05) is 29.4 Å². The van der Waals surface area contributed by atoms with Gasteiger partial charge in [-0.2, -0.15) is 0 Å². The van der Waals surface area contributed by atoms with E-state index in [-0.39, 0.29) is 29.7 Å². The molecule has 1 heterocycles. The Labute approximate surface area is 182 Å². The van der Waals surface area contributed by atoms with Crippen LogP contribution in [0.2, 0.25) is 5.02 Å². The number of benzene rings is 2. The van der Waals surface area contributed by atoms with Gasteiger partial charge in [-0.05, 0) is 48.9 Å². The molecule has 0 radical (unpaired) electrons. The van der Waals surface area contributed by atoms with E-state index in [1.807, 2.05) is 0 Å². The van der Waals surface area contributed by atoms with Crippen LogP contribution in [0.15, 0.2) is 47.6 Å². The highest BCUT2D eigenvalue weighted by molar-refractivity contribution is 7.99. The summed E-state index contributed by atoms with van der Waals surface area (Å²) in [5.41, 5.74) is 1.52. The van der Waals surface area contributed by atoms with Crippen molar-refractivity contribution in [3.63, 3.8) is 0 Å². The SMILES string of the molecule is Cc1ccc(NC(=O)CSc2nnc(CC(=O)Nc3ccc(Cl)cc3)n2C)c(F)c1. The van der Waals surface area contributed by atoms with Crippen molar-refractivity contribution in [1.82, 2.24) is 14.8 Å². The standard InChI is InChI=1S/C20H19ClFN5O2S/c1-12-3-8-16(15(22)9-12)24-19(29)11-30-20-26-25-17(27(20)2)10-18(28)23-14-6-4-13(21)5-7-14/h3-9H,10-11H2,1-2H3,(H,23,28)(H,24,29). The fourth-order valence-corrected chi connectivity index (χ4v) is 3.40. The summed E-state index contributed by atoms with van der Waals surface area (Å²) in [4.78, 5) is 24.3. The molecule has 0 atom stereocenters. The number of aromatic nitrogens is 3. The number of rotatable bonds is 7. The van der Waals surface area contributed by atoms with E-state index >= 15 is 0 Å². The fraction of sp³-hybridized carbons (Fsp3) is 0.200. The molecule has 3 aromatic rings. The second kappa shape index (κ2) is 9.73. The summed E-state index contributed by atoms with van der Waals surface area (Å²) in [5.74, 6) is -0.629. The van der Waals surface area contributed by atoms with Crippen molar-refractivity contribution < 1.29 is 14.0 Å². The Morgan fingerprint density at radius 1 is 1.10 bits per heavy atom. The van der Waals surface area contributed by atoms with E-state index in [1.54, 1.807) is 48.9 Å². The average molecular weight is 448 g/mol. The van der Waals surface area contributed by atoms with Gasteiger partial charge in [0, 0.05) is 17.8 Å². The number of carbonyl (C=O) groups excluding carboxylic acids is 2. The van der Waals surface area contributed by atoms with Crippen LogP contribution in [0.5, 0.6) is 0 Å². The maximum atomic E-state index is 13.8. The summed E-state index contributed by atoms with van der Waals surface area (Å²) in [7, 11) is 1.71. The first-order chi connectivity index (χ1) is 14.3. The van der Waals surface area contributed by atoms with E-state index in [0.29, 0.717) is 21.7 Å². The molecule has 2 amide bonds. The second-order valence-electron chi connectivity index (χ2n) is 6.51. The summed E-state index contributed by atoms with van der Waals surface area (Å²) >= 11 is 6.97. The number of nitrogens with zero attached hydrogens (tertiary/aromatic N) is 3. The van der Waals surface area contributed by atoms with Crippen LogP contribution in [0, 0.1) is 12.7 Å². The van der Waals surface area contributed by atoms with Gasteiger partial charge in [-0.15, -0.1) is 10.2 Å². The molecule has 30 heavy (non-hydrogen) atoms. The number of hydrogen-bond donors (Lipinski definition) is 2. The quantitative estimate of drug-likeness (QED) is 0.537. The van der Waals surface area contributed by atoms with Gasteiger partial charge in [0.05, 0.1) is 17.9 Å². The van der Waals surface area contributed by atoms with Gasteiger partial charge in [-0.25, -0.2) is 4.39 Å². The first-order valence-electron chi connectivity index (χ1n) is 8.94. The molecule has 0 aliphatic carbocycles. The highest BCUT2D eigenvalue weighted by Crippen LogP contribution is 2.19. The van der Waals surface area contributed by atoms with Crippen molar-refractivity contribution in [3.05, 3.63) is 64.7 Å². The summed E-state index contributed by atoms with van der Waals surface area (Å²) in [6.07, 6.45) is 0.0213. The van der Waals surface area contributed by atoms with Crippen molar-refractivity contribution in [2.24, 2.45) is 7.05 Å². The lowest BCUT2D eigenvalue weighted by Crippen LogP contribution is -2.17. The van der Waals surface area contributed by atoms with E-state index in [4.69, 9.17) is 11.6 Å². The Bertz CT molecular complexity index is 1070. The molecule has 0 unspecified atom stereocenters. The molecular weight excluding hydrogens is 429 g/mol. The largest absolute Gasteiger partial charge is 0.326 e. The van der Waals surface area contributed by atoms with Gasteiger partial charge in [0.2, 0.25) is 11.8 Å². The van der Waals surface area contributed by atoms with Crippen molar-refractivity contribution in [2.75, 3.05) is 16.4 Å². The van der Waals surface area contributed by atoms with E-state index in [1.165, 1.54) is 12.1 Å². The van der Waals surface area contributed by atoms with Gasteiger partial charge in [0.25, 0.3) is 0 Å². The van der Waals surface area contributed by atoms with E-state index in [2.05, 4.69) is 20.8 Å². The lowest BCUT2D eigenvalue weighted by atomic mass is 10.2. The summed E-state index contributed by atoms with van der Waals surface area (Å²) in [5, 5.41) is 14.4. The molecule has 7 nitrogen and oxygen atoms in total. The molecule has 0 fully saturated rings. The van der Waals surface area contributed by atoms with Gasteiger partial charge >= 0.3 is 0 Å². The Kier molecular flexibility index (Phi) is 7.07. The summed E-state index contributed by atoms with van der Waals surface area (Å²) < 4.78 is 15.5. The van der Waals surface area contributed by atoms with Crippen molar-refractivity contribution in [3.8, 4) is 0 Å². The maximum absolute atomic E-state index is 13.8. The zero-order valence-electron chi connectivity index (χ0n) is 16.3. The number of halogens is 2. The van der Waals surface area contributed by atoms with Gasteiger partial charge in [0.15, 0.2) is 5.16 Å². The van der Waals surface area contributed by atoms with E-state index in [0.717, 1.165) is 17.3 Å². The average Bonchev–Trinajstić information content (AvgIpc) is 3.04. The lowest BCUT2D eigenvalue weighted by Gasteiger charge is -2.07. The normalized spacial score (nSPS) is 10.7. The van der Waals surface area contributed by atoms with E-state index < -0.39 is 5.82 Å². The molecule has 3 rings (SSSR count). The monoisotopic (exact) mass is 447 g/mol. The number of hydrogen-bond acceptors (Lipinski definition) is 5. The molecule has 2 aromatic carbocycles. The predicted octanol–water partition coefficient (Wildman–Crippen LogP) is 3.83. The van der Waals surface area contributed by atoms with Crippen LogP contribution in [0.4, 0.5) is 15.8 Å². The fourth-order valence-electron chi connectivity index (χ4n) is 2.54. The van der Waals surface area contributed by atoms with Crippen LogP contribution in [-0.4, -0.2) is 32.3 Å². The molecule has 156 valence electrons. The first kappa shape index (κ1) is 21.8. The molecule has 2 N–H and O–H groups in total. The maximum Gasteiger partial charge on any atom is 0.234 e. The number of thioether (sulfide) groups is 1. The minimum Gasteiger partial charge on any atom is -0.326 e. The molecule has 0 aliphatic rings. The minimum absolute atomic E-state index is 0.0213. The van der Waals surface area contributed by atoms with E-state index in [9.17, 15) is 14.0 Å². The van der Waals surface area contributed by atoms with Crippen LogP contribution >= 0.6 is 23.4 Å². The van der Waals surface area contributed by atoms with Gasteiger partial charge in [0.1, 0.15) is 11.6 Å². The minimum atomic E-state index is -0.485. The van der Waals surface area contributed by atoms with Gasteiger partial charge in [-0.3, -0.25) is 9.59 Å². The van der Waals surface area contributed by atoms with Crippen LogP contribution in [0.25, 0.3) is 0 Å². The number of amides is 2. The highest BCUT2D eigenvalue weighted by atomic mass is 35.5. The van der Waals surface area contributed by atoms with Crippen molar-refractivity contribution in [1.29, 1.82) is 0 Å². The summed E-state index contributed by atoms with van der Waals surface area (Å²) in [6.45, 7) is 1.77. The van der Waals surface area contributed by atoms with Crippen molar-refractivity contribution in [2.45, 2.75) is 18.5 Å². The molecule has 0 spiro atoms. The smallest absolute Gasteiger partial charge is 0.234 e. The molecular formula is C20H19ClFN5O2S. The molecule has 0 bridgehead atoms. The Morgan fingerprint density at radius 2 is 1.83 bits per heavy atom. The van der Waals surface area contributed by atoms with Crippen LogP contribution < -0.4 is 10.6 Å². The molecule has 1 aromatic heterocycles. The Balaban J connectivity index is 1.53. The second-order valence-corrected chi connectivity index (χ2v) is 7.89. The number of anilines is 2. The number of carbonyl (C=O) groups is 2. The molecule has 0 aliphatic heterocycles. The zero-order chi connectivity index (χ0) is 21.7. The zero-order valence-corrected chi connectivity index (χ0v) is 17.9. The van der Waals surface area contributed by atoms with Gasteiger partial charge < -0.3 is 15.2 Å². The topological polar surface area (TPSA) is 88.9 Å². The predicted molar refractivity (Wildman–Crippen MR) is 115 cm³/mol. The number of aryl methyl sites for hydroxylation is 1. The molecule has 10 heteroatoms. The van der Waals surface area contributed by atoms with Crippen LogP contribution in [0.1, 0.15) is 11.4 Å². The first-order valence-corrected chi connectivity index (χ1v) is 10.3. The Hall–Kier alpha value is -2.91. The third-order valence-corrected chi connectivity index (χ3v) is 5.37. The molecule has 0 saturated carbocycles. The third kappa shape index (κ3) is 5.80. The lowest BCUT2D eigenvalue weighted by molar-refractivity contribution is -0.116. The van der Waals surface area contributed by atoms with Crippen LogP contribution in [0.3, 0.4) is 0 Å². The summed E-state index contributed by atoms with van der Waals surface area (Å²) in [6, 6.07) is 11.4. The molecule has 0 saturated heterocycles. The Morgan fingerprint density at radius 3 is 2.53 bits per heavy atom. The van der Waals surface area contributed by atoms with Crippen molar-refractivity contribution >= 4 is 46.6 Å². The van der Waals surface area contributed by atoms with Crippen LogP contribution in [-0.2, 0) is 23.1 Å². The third-order valence-electron chi connectivity index (χ3n) is 4.10. The highest BCUT2D eigenvalue weighted by Gasteiger charge is 2.15.